The van der Waals surface area contributed by atoms with Gasteiger partial charge in [-0.3, -0.25) is 4.79 Å². The molecule has 0 saturated carbocycles. The van der Waals surface area contributed by atoms with Gasteiger partial charge in [-0.1, -0.05) is 30.3 Å². The Bertz CT molecular complexity index is 566. The molecule has 0 aliphatic rings. The van der Waals surface area contributed by atoms with Gasteiger partial charge in [-0.2, -0.15) is 0 Å². The predicted octanol–water partition coefficient (Wildman–Crippen LogP) is 3.21. The molecule has 0 atom stereocenters. The molecule has 0 unspecified atom stereocenters. The van der Waals surface area contributed by atoms with Crippen molar-refractivity contribution in [1.82, 2.24) is 5.32 Å². The fourth-order valence-electron chi connectivity index (χ4n) is 1.73. The lowest BCUT2D eigenvalue weighted by Crippen LogP contribution is -2.23. The number of carbonyl (C=O) groups excluding carboxylic acids is 1. The van der Waals surface area contributed by atoms with Crippen LogP contribution in [-0.4, -0.2) is 5.91 Å². The van der Waals surface area contributed by atoms with Gasteiger partial charge in [0.25, 0.3) is 5.91 Å². The van der Waals surface area contributed by atoms with E-state index < -0.39 is 0 Å². The SMILES string of the molecule is Cc1ccccc1CNC(=O)c1cccc(S)c1. The second-order valence-corrected chi connectivity index (χ2v) is 4.68. The molecular weight excluding hydrogens is 242 g/mol. The monoisotopic (exact) mass is 257 g/mol. The van der Waals surface area contributed by atoms with Crippen LogP contribution in [0, 0.1) is 6.92 Å². The van der Waals surface area contributed by atoms with Crippen LogP contribution in [0.1, 0.15) is 21.5 Å². The summed E-state index contributed by atoms with van der Waals surface area (Å²) in [6.45, 7) is 2.58. The highest BCUT2D eigenvalue weighted by molar-refractivity contribution is 7.80. The summed E-state index contributed by atoms with van der Waals surface area (Å²) in [4.78, 5) is 12.7. The van der Waals surface area contributed by atoms with Gasteiger partial charge in [0.1, 0.15) is 0 Å². The molecule has 2 nitrogen and oxygen atoms in total. The Morgan fingerprint density at radius 2 is 1.94 bits per heavy atom. The topological polar surface area (TPSA) is 29.1 Å². The Balaban J connectivity index is 2.03. The van der Waals surface area contributed by atoms with E-state index in [0.29, 0.717) is 12.1 Å². The van der Waals surface area contributed by atoms with Crippen molar-refractivity contribution in [3.8, 4) is 0 Å². The van der Waals surface area contributed by atoms with Gasteiger partial charge in [-0.05, 0) is 36.2 Å². The summed E-state index contributed by atoms with van der Waals surface area (Å²) >= 11 is 4.22. The number of carbonyl (C=O) groups is 1. The third kappa shape index (κ3) is 3.14. The molecule has 0 saturated heterocycles. The van der Waals surface area contributed by atoms with Crippen LogP contribution < -0.4 is 5.32 Å². The molecule has 2 rings (SSSR count). The lowest BCUT2D eigenvalue weighted by Gasteiger charge is -2.08. The summed E-state index contributed by atoms with van der Waals surface area (Å²) in [5, 5.41) is 2.91. The number of hydrogen-bond acceptors (Lipinski definition) is 2. The zero-order chi connectivity index (χ0) is 13.0. The maximum absolute atomic E-state index is 11.9. The molecule has 2 aromatic carbocycles. The Hall–Kier alpha value is -1.74. The van der Waals surface area contributed by atoms with Crippen LogP contribution in [0.2, 0.25) is 0 Å². The lowest BCUT2D eigenvalue weighted by molar-refractivity contribution is 0.0950. The third-order valence-corrected chi connectivity index (χ3v) is 3.09. The van der Waals surface area contributed by atoms with E-state index in [2.05, 4.69) is 17.9 Å². The normalized spacial score (nSPS) is 10.1. The van der Waals surface area contributed by atoms with Crippen molar-refractivity contribution in [3.63, 3.8) is 0 Å². The Morgan fingerprint density at radius 1 is 1.17 bits per heavy atom. The minimum atomic E-state index is -0.0749. The molecule has 0 spiro atoms. The first-order valence-corrected chi connectivity index (χ1v) is 6.23. The van der Waals surface area contributed by atoms with Gasteiger partial charge in [0.15, 0.2) is 0 Å². The van der Waals surface area contributed by atoms with Gasteiger partial charge in [0, 0.05) is 17.0 Å². The smallest absolute Gasteiger partial charge is 0.251 e. The fourth-order valence-corrected chi connectivity index (χ4v) is 1.96. The maximum atomic E-state index is 11.9. The molecule has 0 aliphatic carbocycles. The zero-order valence-electron chi connectivity index (χ0n) is 10.2. The minimum absolute atomic E-state index is 0.0749. The molecular formula is C15H15NOS. The van der Waals surface area contributed by atoms with Crippen LogP contribution in [0.5, 0.6) is 0 Å². The van der Waals surface area contributed by atoms with Crippen molar-refractivity contribution in [2.24, 2.45) is 0 Å². The summed E-state index contributed by atoms with van der Waals surface area (Å²) < 4.78 is 0. The summed E-state index contributed by atoms with van der Waals surface area (Å²) in [5.41, 5.74) is 2.95. The van der Waals surface area contributed by atoms with Crippen molar-refractivity contribution in [1.29, 1.82) is 0 Å². The van der Waals surface area contributed by atoms with Gasteiger partial charge in [0.05, 0.1) is 0 Å². The summed E-state index contributed by atoms with van der Waals surface area (Å²) in [6, 6.07) is 15.2. The summed E-state index contributed by atoms with van der Waals surface area (Å²) in [6.07, 6.45) is 0. The van der Waals surface area contributed by atoms with Crippen molar-refractivity contribution in [2.75, 3.05) is 0 Å². The van der Waals surface area contributed by atoms with E-state index in [1.165, 1.54) is 5.56 Å². The van der Waals surface area contributed by atoms with E-state index in [0.717, 1.165) is 10.5 Å². The average Bonchev–Trinajstić information content (AvgIpc) is 2.37. The van der Waals surface area contributed by atoms with E-state index >= 15 is 0 Å². The van der Waals surface area contributed by atoms with Crippen LogP contribution in [0.3, 0.4) is 0 Å². The van der Waals surface area contributed by atoms with Gasteiger partial charge in [-0.25, -0.2) is 0 Å². The maximum Gasteiger partial charge on any atom is 0.251 e. The number of aryl methyl sites for hydroxylation is 1. The molecule has 3 heteroatoms. The number of hydrogen-bond donors (Lipinski definition) is 2. The fraction of sp³-hybridized carbons (Fsp3) is 0.133. The first-order chi connectivity index (χ1) is 8.66. The first-order valence-electron chi connectivity index (χ1n) is 5.78. The number of thiol groups is 1. The molecule has 92 valence electrons. The van der Waals surface area contributed by atoms with Crippen LogP contribution in [0.25, 0.3) is 0 Å². The minimum Gasteiger partial charge on any atom is -0.348 e. The third-order valence-electron chi connectivity index (χ3n) is 2.81. The Kier molecular flexibility index (Phi) is 4.05. The van der Waals surface area contributed by atoms with Crippen molar-refractivity contribution < 1.29 is 4.79 Å². The molecule has 0 heterocycles. The molecule has 2 aromatic rings. The first kappa shape index (κ1) is 12.7. The second kappa shape index (κ2) is 5.74. The predicted molar refractivity (Wildman–Crippen MR) is 76.0 cm³/mol. The van der Waals surface area contributed by atoms with Crippen molar-refractivity contribution >= 4 is 18.5 Å². The summed E-state index contributed by atoms with van der Waals surface area (Å²) in [7, 11) is 0. The number of benzene rings is 2. The van der Waals surface area contributed by atoms with E-state index in [1.54, 1.807) is 12.1 Å². The average molecular weight is 257 g/mol. The molecule has 0 aliphatic heterocycles. The second-order valence-electron chi connectivity index (χ2n) is 4.16. The molecule has 0 radical (unpaired) electrons. The molecule has 1 N–H and O–H groups in total. The van der Waals surface area contributed by atoms with Crippen LogP contribution >= 0.6 is 12.6 Å². The van der Waals surface area contributed by atoms with Gasteiger partial charge >= 0.3 is 0 Å². The molecule has 0 aromatic heterocycles. The highest BCUT2D eigenvalue weighted by atomic mass is 32.1. The van der Waals surface area contributed by atoms with Crippen molar-refractivity contribution in [2.45, 2.75) is 18.4 Å². The van der Waals surface area contributed by atoms with Crippen molar-refractivity contribution in [3.05, 3.63) is 65.2 Å². The molecule has 18 heavy (non-hydrogen) atoms. The number of amides is 1. The van der Waals surface area contributed by atoms with E-state index in [9.17, 15) is 4.79 Å². The largest absolute Gasteiger partial charge is 0.348 e. The Morgan fingerprint density at radius 3 is 2.67 bits per heavy atom. The molecule has 0 fully saturated rings. The molecule has 0 bridgehead atoms. The molecule has 1 amide bonds. The van der Waals surface area contributed by atoms with Gasteiger partial charge in [-0.15, -0.1) is 12.6 Å². The number of rotatable bonds is 3. The van der Waals surface area contributed by atoms with Crippen LogP contribution in [-0.2, 0) is 6.54 Å². The lowest BCUT2D eigenvalue weighted by atomic mass is 10.1. The summed E-state index contributed by atoms with van der Waals surface area (Å²) in [5.74, 6) is -0.0749. The standard InChI is InChI=1S/C15H15NOS/c1-11-5-2-3-6-13(11)10-16-15(17)12-7-4-8-14(18)9-12/h2-9,18H,10H2,1H3,(H,16,17). The van der Waals surface area contributed by atoms with Crippen LogP contribution in [0.4, 0.5) is 0 Å². The quantitative estimate of drug-likeness (QED) is 0.812. The van der Waals surface area contributed by atoms with E-state index in [-0.39, 0.29) is 5.91 Å². The van der Waals surface area contributed by atoms with E-state index in [4.69, 9.17) is 0 Å². The van der Waals surface area contributed by atoms with Gasteiger partial charge < -0.3 is 5.32 Å². The highest BCUT2D eigenvalue weighted by Crippen LogP contribution is 2.10. The highest BCUT2D eigenvalue weighted by Gasteiger charge is 2.05. The number of nitrogens with one attached hydrogen (secondary N) is 1. The Labute approximate surface area is 112 Å². The zero-order valence-corrected chi connectivity index (χ0v) is 11.1. The van der Waals surface area contributed by atoms with E-state index in [1.807, 2.05) is 43.3 Å². The van der Waals surface area contributed by atoms with Gasteiger partial charge in [0.2, 0.25) is 0 Å². The van der Waals surface area contributed by atoms with Crippen LogP contribution in [0.15, 0.2) is 53.4 Å².